The van der Waals surface area contributed by atoms with Gasteiger partial charge in [-0.05, 0) is 12.8 Å². The molecular formula is C22H40O15. The van der Waals surface area contributed by atoms with Crippen LogP contribution in [0.2, 0.25) is 0 Å². The van der Waals surface area contributed by atoms with Crippen LogP contribution in [0.1, 0.15) is 51.4 Å². The van der Waals surface area contributed by atoms with Crippen molar-refractivity contribution >= 4 is 11.9 Å². The summed E-state index contributed by atoms with van der Waals surface area (Å²) in [7, 11) is 0. The first-order valence-corrected chi connectivity index (χ1v) is 12.1. The highest BCUT2D eigenvalue weighted by atomic mass is 16.7. The van der Waals surface area contributed by atoms with Gasteiger partial charge in [-0.15, -0.1) is 0 Å². The molecule has 15 nitrogen and oxygen atoms in total. The van der Waals surface area contributed by atoms with E-state index < -0.39 is 86.6 Å². The number of hydrogen-bond acceptors (Lipinski definition) is 13. The Morgan fingerprint density at radius 1 is 0.595 bits per heavy atom. The van der Waals surface area contributed by atoms with Gasteiger partial charge in [-0.2, -0.15) is 0 Å². The molecule has 1 unspecified atom stereocenters. The predicted octanol–water partition coefficient (Wildman–Crippen LogP) is -3.12. The lowest BCUT2D eigenvalue weighted by atomic mass is 9.97. The number of hydrogen-bond donors (Lipinski definition) is 10. The number of unbranched alkanes of at least 4 members (excludes halogenated alkanes) is 5. The molecule has 2 rings (SSSR count). The molecule has 2 aliphatic heterocycles. The molecule has 0 radical (unpaired) electrons. The summed E-state index contributed by atoms with van der Waals surface area (Å²) in [6.45, 7) is -1.35. The van der Waals surface area contributed by atoms with Gasteiger partial charge in [0.25, 0.3) is 0 Å². The van der Waals surface area contributed by atoms with E-state index in [0.717, 1.165) is 38.5 Å². The summed E-state index contributed by atoms with van der Waals surface area (Å²) >= 11 is 0. The third kappa shape index (κ3) is 11.0. The molecule has 15 heteroatoms. The van der Waals surface area contributed by atoms with Crippen molar-refractivity contribution in [3.63, 3.8) is 0 Å². The van der Waals surface area contributed by atoms with E-state index in [-0.39, 0.29) is 12.8 Å². The van der Waals surface area contributed by atoms with E-state index in [9.17, 15) is 45.3 Å². The van der Waals surface area contributed by atoms with E-state index in [4.69, 9.17) is 29.5 Å². The minimum absolute atomic E-state index is 0.245. The van der Waals surface area contributed by atoms with Crippen molar-refractivity contribution in [3.05, 3.63) is 0 Å². The molecule has 0 aromatic heterocycles. The predicted molar refractivity (Wildman–Crippen MR) is 121 cm³/mol. The molecule has 0 amide bonds. The van der Waals surface area contributed by atoms with Crippen LogP contribution in [0.5, 0.6) is 0 Å². The van der Waals surface area contributed by atoms with E-state index >= 15 is 0 Å². The molecule has 0 saturated carbocycles. The molecule has 37 heavy (non-hydrogen) atoms. The Morgan fingerprint density at radius 3 is 1.54 bits per heavy atom. The Bertz CT molecular complexity index is 640. The average molecular weight is 545 g/mol. The van der Waals surface area contributed by atoms with E-state index in [1.165, 1.54) is 0 Å². The molecule has 2 aliphatic rings. The largest absolute Gasteiger partial charge is 0.481 e. The molecule has 2 heterocycles. The highest BCUT2D eigenvalue weighted by Gasteiger charge is 2.50. The van der Waals surface area contributed by atoms with Crippen LogP contribution in [0.15, 0.2) is 0 Å². The zero-order valence-electron chi connectivity index (χ0n) is 20.4. The lowest BCUT2D eigenvalue weighted by molar-refractivity contribution is -0.355. The van der Waals surface area contributed by atoms with Crippen LogP contribution in [0, 0.1) is 0 Å². The fraction of sp³-hybridized carbons (Fsp3) is 0.909. The van der Waals surface area contributed by atoms with Gasteiger partial charge in [0.05, 0.1) is 13.2 Å². The Hall–Kier alpha value is -1.50. The van der Waals surface area contributed by atoms with Crippen molar-refractivity contribution in [2.24, 2.45) is 0 Å². The van der Waals surface area contributed by atoms with Gasteiger partial charge in [0, 0.05) is 12.8 Å². The van der Waals surface area contributed by atoms with Crippen molar-refractivity contribution in [1.29, 1.82) is 0 Å². The minimum atomic E-state index is -1.74. The van der Waals surface area contributed by atoms with Crippen LogP contribution in [-0.2, 0) is 23.8 Å². The highest BCUT2D eigenvalue weighted by molar-refractivity contribution is 5.66. The molecule has 0 aromatic carbocycles. The fourth-order valence-electron chi connectivity index (χ4n) is 3.83. The third-order valence-corrected chi connectivity index (χ3v) is 6.01. The van der Waals surface area contributed by atoms with Gasteiger partial charge in [-0.1, -0.05) is 25.7 Å². The van der Waals surface area contributed by atoms with Crippen LogP contribution in [0.25, 0.3) is 0 Å². The first kappa shape index (κ1) is 33.5. The van der Waals surface area contributed by atoms with E-state index in [1.54, 1.807) is 0 Å². The van der Waals surface area contributed by atoms with Crippen LogP contribution >= 0.6 is 0 Å². The lowest BCUT2D eigenvalue weighted by Gasteiger charge is -2.45. The monoisotopic (exact) mass is 544 g/mol. The second-order valence-electron chi connectivity index (χ2n) is 8.94. The SMILES string of the molecule is O=C(O)CCCCCCCCC(=O)O.OC[C@H]1O[C@@H](O[C@H]2[C@H](O)[C@@H](O)C(O)O[C@@H]2CO)[C@H](O)[C@@H](O)[C@H]1O. The molecule has 10 N–H and O–H groups in total. The van der Waals surface area contributed by atoms with Crippen LogP contribution in [0.3, 0.4) is 0 Å². The van der Waals surface area contributed by atoms with Crippen molar-refractivity contribution in [3.8, 4) is 0 Å². The summed E-state index contributed by atoms with van der Waals surface area (Å²) in [5.74, 6) is -1.48. The zero-order chi connectivity index (χ0) is 28.1. The second-order valence-corrected chi connectivity index (χ2v) is 8.94. The summed E-state index contributed by atoms with van der Waals surface area (Å²) in [6, 6.07) is 0. The molecular weight excluding hydrogens is 504 g/mol. The van der Waals surface area contributed by atoms with Gasteiger partial charge < -0.3 is 65.3 Å². The maximum atomic E-state index is 10.1. The average Bonchev–Trinajstić information content (AvgIpc) is 2.85. The molecule has 218 valence electrons. The molecule has 0 bridgehead atoms. The first-order chi connectivity index (χ1) is 17.4. The lowest BCUT2D eigenvalue weighted by Crippen LogP contribution is -2.64. The van der Waals surface area contributed by atoms with Gasteiger partial charge in [0.1, 0.15) is 48.8 Å². The Kier molecular flexibility index (Phi) is 15.5. The fourth-order valence-corrected chi connectivity index (χ4v) is 3.83. The summed E-state index contributed by atoms with van der Waals surface area (Å²) in [4.78, 5) is 20.3. The highest BCUT2D eigenvalue weighted by Crippen LogP contribution is 2.28. The van der Waals surface area contributed by atoms with Crippen LogP contribution in [-0.4, -0.2) is 138 Å². The van der Waals surface area contributed by atoms with E-state index in [0.29, 0.717) is 0 Å². The van der Waals surface area contributed by atoms with Gasteiger partial charge in [-0.25, -0.2) is 0 Å². The Morgan fingerprint density at radius 2 is 1.08 bits per heavy atom. The van der Waals surface area contributed by atoms with Gasteiger partial charge in [0.2, 0.25) is 0 Å². The normalized spacial score (nSPS) is 35.9. The van der Waals surface area contributed by atoms with E-state index in [1.807, 2.05) is 0 Å². The third-order valence-electron chi connectivity index (χ3n) is 6.01. The standard InChI is InChI=1S/C12H22O11.C10H18O4/c13-1-3-5(15)6(16)9(19)12(22-3)23-10-4(2-14)21-11(20)8(18)7(10)17;11-9(12)7-5-3-1-2-4-6-8-10(13)14/h3-20H,1-2H2;1-8H2,(H,11,12)(H,13,14)/t3-,4-,5+,6+,7-,8-,9-,10-,11?,12+;/m1./s1. The molecule has 0 spiro atoms. The zero-order valence-corrected chi connectivity index (χ0v) is 20.4. The number of rotatable bonds is 13. The van der Waals surface area contributed by atoms with Crippen molar-refractivity contribution < 1.29 is 74.9 Å². The number of aliphatic carboxylic acids is 2. The minimum Gasteiger partial charge on any atom is -0.481 e. The van der Waals surface area contributed by atoms with Crippen LogP contribution < -0.4 is 0 Å². The molecule has 10 atom stereocenters. The summed E-state index contributed by atoms with van der Waals surface area (Å²) in [5.41, 5.74) is 0. The molecule has 0 aromatic rings. The number of carbonyl (C=O) groups is 2. The van der Waals surface area contributed by atoms with Gasteiger partial charge in [0.15, 0.2) is 12.6 Å². The first-order valence-electron chi connectivity index (χ1n) is 12.1. The van der Waals surface area contributed by atoms with Gasteiger partial charge >= 0.3 is 11.9 Å². The Labute approximate surface area is 213 Å². The smallest absolute Gasteiger partial charge is 0.303 e. The van der Waals surface area contributed by atoms with Crippen molar-refractivity contribution in [1.82, 2.24) is 0 Å². The van der Waals surface area contributed by atoms with Crippen molar-refractivity contribution in [2.45, 2.75) is 113 Å². The Balaban J connectivity index is 0.000000422. The summed E-state index contributed by atoms with van der Waals surface area (Å²) in [6.07, 6.45) is -9.75. The van der Waals surface area contributed by atoms with Crippen molar-refractivity contribution in [2.75, 3.05) is 13.2 Å². The molecule has 2 fully saturated rings. The number of carboxylic acids is 2. The summed E-state index contributed by atoms with van der Waals surface area (Å²) in [5, 5.41) is 93.2. The number of ether oxygens (including phenoxy) is 3. The maximum Gasteiger partial charge on any atom is 0.303 e. The summed E-state index contributed by atoms with van der Waals surface area (Å²) < 4.78 is 15.3. The quantitative estimate of drug-likeness (QED) is 0.103. The molecule has 0 aliphatic carbocycles. The number of aliphatic hydroxyl groups is 8. The van der Waals surface area contributed by atoms with E-state index in [2.05, 4.69) is 0 Å². The number of carboxylic acid groups (broad SMARTS) is 2. The maximum absolute atomic E-state index is 10.1. The van der Waals surface area contributed by atoms with Crippen LogP contribution in [0.4, 0.5) is 0 Å². The number of aliphatic hydroxyl groups excluding tert-OH is 8. The topological polar surface area (TPSA) is 264 Å². The van der Waals surface area contributed by atoms with Gasteiger partial charge in [-0.3, -0.25) is 9.59 Å². The molecule has 2 saturated heterocycles. The second kappa shape index (κ2) is 17.2.